The first-order valence-electron chi connectivity index (χ1n) is 8.58. The van der Waals surface area contributed by atoms with Gasteiger partial charge in [0.1, 0.15) is 5.60 Å². The number of piperidine rings is 1. The van der Waals surface area contributed by atoms with E-state index in [1.807, 2.05) is 6.07 Å². The lowest BCUT2D eigenvalue weighted by Gasteiger charge is -2.37. The van der Waals surface area contributed by atoms with Gasteiger partial charge in [-0.2, -0.15) is 5.26 Å². The standard InChI is InChI=1S/C18H22N4O3/c19-12-14-3-5-15(6-4-14)21-16(23)2-1-9-22-10-7-18(8-11-22)13-20-17(24)25-18/h3-6H,1-2,7-11,13H2,(H,20,24)(H,21,23). The van der Waals surface area contributed by atoms with Crippen molar-refractivity contribution in [1.29, 1.82) is 5.26 Å². The number of anilines is 1. The first-order valence-corrected chi connectivity index (χ1v) is 8.58. The highest BCUT2D eigenvalue weighted by Crippen LogP contribution is 2.29. The van der Waals surface area contributed by atoms with Gasteiger partial charge < -0.3 is 20.3 Å². The van der Waals surface area contributed by atoms with Crippen LogP contribution in [0.2, 0.25) is 0 Å². The summed E-state index contributed by atoms with van der Waals surface area (Å²) >= 11 is 0. The molecule has 1 spiro atoms. The van der Waals surface area contributed by atoms with Crippen molar-refractivity contribution < 1.29 is 14.3 Å². The lowest BCUT2D eigenvalue weighted by atomic mass is 9.91. The maximum Gasteiger partial charge on any atom is 0.407 e. The zero-order chi connectivity index (χ0) is 17.7. The Kier molecular flexibility index (Phi) is 5.19. The average Bonchev–Trinajstić information content (AvgIpc) is 2.98. The van der Waals surface area contributed by atoms with Gasteiger partial charge in [-0.05, 0) is 37.2 Å². The highest BCUT2D eigenvalue weighted by molar-refractivity contribution is 5.90. The summed E-state index contributed by atoms with van der Waals surface area (Å²) in [7, 11) is 0. The number of alkyl carbamates (subject to hydrolysis) is 1. The molecule has 25 heavy (non-hydrogen) atoms. The maximum absolute atomic E-state index is 12.0. The van der Waals surface area contributed by atoms with Gasteiger partial charge in [-0.1, -0.05) is 0 Å². The van der Waals surface area contributed by atoms with E-state index in [4.69, 9.17) is 10.00 Å². The molecule has 0 atom stereocenters. The molecular weight excluding hydrogens is 320 g/mol. The molecule has 2 amide bonds. The van der Waals surface area contributed by atoms with Crippen molar-refractivity contribution in [2.45, 2.75) is 31.3 Å². The van der Waals surface area contributed by atoms with Crippen molar-refractivity contribution in [3.63, 3.8) is 0 Å². The largest absolute Gasteiger partial charge is 0.441 e. The smallest absolute Gasteiger partial charge is 0.407 e. The Morgan fingerprint density at radius 1 is 1.32 bits per heavy atom. The van der Waals surface area contributed by atoms with E-state index in [0.717, 1.165) is 38.9 Å². The zero-order valence-electron chi connectivity index (χ0n) is 14.1. The summed E-state index contributed by atoms with van der Waals surface area (Å²) in [4.78, 5) is 25.5. The number of nitrogens with zero attached hydrogens (tertiary/aromatic N) is 2. The van der Waals surface area contributed by atoms with E-state index in [9.17, 15) is 9.59 Å². The molecule has 132 valence electrons. The van der Waals surface area contributed by atoms with Gasteiger partial charge >= 0.3 is 6.09 Å². The van der Waals surface area contributed by atoms with Crippen molar-refractivity contribution in [1.82, 2.24) is 10.2 Å². The molecule has 0 radical (unpaired) electrons. The first kappa shape index (κ1) is 17.2. The van der Waals surface area contributed by atoms with Crippen LogP contribution in [0.5, 0.6) is 0 Å². The number of carbonyl (C=O) groups is 2. The van der Waals surface area contributed by atoms with Crippen molar-refractivity contribution in [3.8, 4) is 6.07 Å². The van der Waals surface area contributed by atoms with Gasteiger partial charge in [0.05, 0.1) is 18.2 Å². The molecule has 0 unspecified atom stereocenters. The number of carbonyl (C=O) groups excluding carboxylic acids is 2. The molecule has 2 aliphatic heterocycles. The van der Waals surface area contributed by atoms with Crippen LogP contribution in [0, 0.1) is 11.3 Å². The van der Waals surface area contributed by atoms with Crippen LogP contribution in [-0.4, -0.2) is 48.7 Å². The molecule has 2 N–H and O–H groups in total. The van der Waals surface area contributed by atoms with E-state index in [-0.39, 0.29) is 17.6 Å². The Morgan fingerprint density at radius 2 is 2.04 bits per heavy atom. The zero-order valence-corrected chi connectivity index (χ0v) is 14.1. The van der Waals surface area contributed by atoms with Crippen LogP contribution in [0.4, 0.5) is 10.5 Å². The molecule has 0 saturated carbocycles. The number of benzene rings is 1. The van der Waals surface area contributed by atoms with Crippen molar-refractivity contribution in [2.75, 3.05) is 31.5 Å². The lowest BCUT2D eigenvalue weighted by Crippen LogP contribution is -2.46. The SMILES string of the molecule is N#Cc1ccc(NC(=O)CCCN2CCC3(CC2)CNC(=O)O3)cc1. The molecule has 2 heterocycles. The van der Waals surface area contributed by atoms with E-state index in [1.54, 1.807) is 24.3 Å². The summed E-state index contributed by atoms with van der Waals surface area (Å²) in [5, 5.41) is 14.3. The highest BCUT2D eigenvalue weighted by atomic mass is 16.6. The van der Waals surface area contributed by atoms with Crippen LogP contribution >= 0.6 is 0 Å². The average molecular weight is 342 g/mol. The van der Waals surface area contributed by atoms with E-state index in [1.165, 1.54) is 0 Å². The third-order valence-electron chi connectivity index (χ3n) is 4.81. The molecule has 2 saturated heterocycles. The number of nitriles is 1. The minimum atomic E-state index is -0.319. The molecule has 3 rings (SSSR count). The number of amides is 2. The number of nitrogens with one attached hydrogen (secondary N) is 2. The van der Waals surface area contributed by atoms with Gasteiger partial charge in [0, 0.05) is 38.0 Å². The van der Waals surface area contributed by atoms with Crippen molar-refractivity contribution in [2.24, 2.45) is 0 Å². The van der Waals surface area contributed by atoms with E-state index in [0.29, 0.717) is 24.2 Å². The Balaban J connectivity index is 1.35. The Morgan fingerprint density at radius 3 is 2.64 bits per heavy atom. The molecule has 0 bridgehead atoms. The summed E-state index contributed by atoms with van der Waals surface area (Å²) in [5.41, 5.74) is 0.962. The van der Waals surface area contributed by atoms with Gasteiger partial charge in [0.15, 0.2) is 0 Å². The van der Waals surface area contributed by atoms with Crippen LogP contribution in [0.3, 0.4) is 0 Å². The third kappa shape index (κ3) is 4.48. The summed E-state index contributed by atoms with van der Waals surface area (Å²) < 4.78 is 5.40. The van der Waals surface area contributed by atoms with E-state index in [2.05, 4.69) is 15.5 Å². The highest BCUT2D eigenvalue weighted by Gasteiger charge is 2.42. The number of rotatable bonds is 5. The molecule has 7 heteroatoms. The van der Waals surface area contributed by atoms with Crippen molar-refractivity contribution >= 4 is 17.7 Å². The molecule has 0 aromatic heterocycles. The van der Waals surface area contributed by atoms with E-state index < -0.39 is 0 Å². The Labute approximate surface area is 146 Å². The molecule has 7 nitrogen and oxygen atoms in total. The number of likely N-dealkylation sites (tertiary alicyclic amines) is 1. The second-order valence-corrected chi connectivity index (χ2v) is 6.61. The molecule has 1 aromatic rings. The molecule has 2 fully saturated rings. The normalized spacial score (nSPS) is 19.1. The predicted molar refractivity (Wildman–Crippen MR) is 91.9 cm³/mol. The summed E-state index contributed by atoms with van der Waals surface area (Å²) in [6.45, 7) is 3.23. The first-order chi connectivity index (χ1) is 12.1. The minimum absolute atomic E-state index is 0.0212. The number of hydrogen-bond acceptors (Lipinski definition) is 5. The fraction of sp³-hybridized carbons (Fsp3) is 0.500. The van der Waals surface area contributed by atoms with Crippen molar-refractivity contribution in [3.05, 3.63) is 29.8 Å². The number of ether oxygens (including phenoxy) is 1. The van der Waals surface area contributed by atoms with Gasteiger partial charge in [-0.15, -0.1) is 0 Å². The van der Waals surface area contributed by atoms with Crippen LogP contribution in [0.15, 0.2) is 24.3 Å². The molecule has 0 aliphatic carbocycles. The van der Waals surface area contributed by atoms with Gasteiger partial charge in [0.2, 0.25) is 5.91 Å². The van der Waals surface area contributed by atoms with Crippen LogP contribution in [-0.2, 0) is 9.53 Å². The Hall–Kier alpha value is -2.59. The summed E-state index contributed by atoms with van der Waals surface area (Å²) in [6.07, 6.45) is 2.60. The quantitative estimate of drug-likeness (QED) is 0.851. The second-order valence-electron chi connectivity index (χ2n) is 6.61. The van der Waals surface area contributed by atoms with Crippen LogP contribution < -0.4 is 10.6 Å². The van der Waals surface area contributed by atoms with Gasteiger partial charge in [-0.25, -0.2) is 4.79 Å². The summed E-state index contributed by atoms with van der Waals surface area (Å²) in [5.74, 6) is -0.0212. The fourth-order valence-corrected chi connectivity index (χ4v) is 3.28. The Bertz CT molecular complexity index is 673. The molecule has 2 aliphatic rings. The summed E-state index contributed by atoms with van der Waals surface area (Å²) in [6, 6.07) is 8.88. The van der Waals surface area contributed by atoms with Crippen LogP contribution in [0.1, 0.15) is 31.2 Å². The van der Waals surface area contributed by atoms with Gasteiger partial charge in [0.25, 0.3) is 0 Å². The molecular formula is C18H22N4O3. The maximum atomic E-state index is 12.0. The van der Waals surface area contributed by atoms with Crippen LogP contribution in [0.25, 0.3) is 0 Å². The molecule has 1 aromatic carbocycles. The van der Waals surface area contributed by atoms with E-state index >= 15 is 0 Å². The predicted octanol–water partition coefficient (Wildman–Crippen LogP) is 1.85. The lowest BCUT2D eigenvalue weighted by molar-refractivity contribution is -0.116. The van der Waals surface area contributed by atoms with Gasteiger partial charge in [-0.3, -0.25) is 4.79 Å². The topological polar surface area (TPSA) is 94.5 Å². The minimum Gasteiger partial charge on any atom is -0.441 e. The number of hydrogen-bond donors (Lipinski definition) is 2. The second kappa shape index (κ2) is 7.53. The third-order valence-corrected chi connectivity index (χ3v) is 4.81. The fourth-order valence-electron chi connectivity index (χ4n) is 3.28. The monoisotopic (exact) mass is 342 g/mol.